The van der Waals surface area contributed by atoms with Crippen molar-refractivity contribution in [3.63, 3.8) is 0 Å². The lowest BCUT2D eigenvalue weighted by Gasteiger charge is -2.31. The number of piperidine rings is 1. The Labute approximate surface area is 84.6 Å². The van der Waals surface area contributed by atoms with Crippen LogP contribution in [0.25, 0.3) is 0 Å². The standard InChI is InChI=1S/C10H18N2O2/c1-14-9-3-2-6-12(7-9)10(13)11-8-4-5-8/h8-9H,2-7H2,1H3,(H,11,13). The van der Waals surface area contributed by atoms with Gasteiger partial charge in [0.25, 0.3) is 0 Å². The van der Waals surface area contributed by atoms with Gasteiger partial charge < -0.3 is 15.0 Å². The van der Waals surface area contributed by atoms with E-state index >= 15 is 0 Å². The number of urea groups is 1. The molecule has 4 heteroatoms. The summed E-state index contributed by atoms with van der Waals surface area (Å²) in [5.41, 5.74) is 0. The van der Waals surface area contributed by atoms with Crippen molar-refractivity contribution in [1.29, 1.82) is 0 Å². The number of likely N-dealkylation sites (tertiary alicyclic amines) is 1. The van der Waals surface area contributed by atoms with E-state index in [2.05, 4.69) is 5.32 Å². The van der Waals surface area contributed by atoms with Gasteiger partial charge in [0.2, 0.25) is 0 Å². The van der Waals surface area contributed by atoms with Gasteiger partial charge in [-0.05, 0) is 25.7 Å². The summed E-state index contributed by atoms with van der Waals surface area (Å²) >= 11 is 0. The predicted molar refractivity (Wildman–Crippen MR) is 53.2 cm³/mol. The molecule has 1 saturated heterocycles. The van der Waals surface area contributed by atoms with Crippen LogP contribution in [0.1, 0.15) is 25.7 Å². The average molecular weight is 198 g/mol. The van der Waals surface area contributed by atoms with Crippen molar-refractivity contribution in [2.24, 2.45) is 0 Å². The molecule has 2 amide bonds. The third kappa shape index (κ3) is 2.38. The quantitative estimate of drug-likeness (QED) is 0.718. The minimum Gasteiger partial charge on any atom is -0.380 e. The Hall–Kier alpha value is -0.770. The van der Waals surface area contributed by atoms with E-state index in [1.165, 1.54) is 0 Å². The highest BCUT2D eigenvalue weighted by molar-refractivity contribution is 5.75. The van der Waals surface area contributed by atoms with Gasteiger partial charge in [0.15, 0.2) is 0 Å². The molecular formula is C10H18N2O2. The zero-order valence-electron chi connectivity index (χ0n) is 8.66. The molecule has 1 aliphatic carbocycles. The zero-order chi connectivity index (χ0) is 9.97. The molecule has 0 aromatic rings. The second-order valence-electron chi connectivity index (χ2n) is 4.17. The van der Waals surface area contributed by atoms with Crippen molar-refractivity contribution >= 4 is 6.03 Å². The fourth-order valence-corrected chi connectivity index (χ4v) is 1.81. The Balaban J connectivity index is 1.79. The van der Waals surface area contributed by atoms with Crippen molar-refractivity contribution in [3.05, 3.63) is 0 Å². The number of rotatable bonds is 2. The minimum atomic E-state index is 0.0919. The zero-order valence-corrected chi connectivity index (χ0v) is 8.66. The number of hydrogen-bond acceptors (Lipinski definition) is 2. The number of carbonyl (C=O) groups excluding carboxylic acids is 1. The van der Waals surface area contributed by atoms with E-state index in [1.807, 2.05) is 4.90 Å². The SMILES string of the molecule is COC1CCCN(C(=O)NC2CC2)C1. The molecule has 1 aliphatic heterocycles. The Morgan fingerprint density at radius 2 is 2.21 bits per heavy atom. The highest BCUT2D eigenvalue weighted by Crippen LogP contribution is 2.20. The molecule has 0 bridgehead atoms. The van der Waals surface area contributed by atoms with E-state index < -0.39 is 0 Å². The summed E-state index contributed by atoms with van der Waals surface area (Å²) in [6.07, 6.45) is 4.65. The Bertz CT molecular complexity index is 216. The van der Waals surface area contributed by atoms with Crippen molar-refractivity contribution in [2.45, 2.75) is 37.8 Å². The molecule has 0 aromatic carbocycles. The summed E-state index contributed by atoms with van der Waals surface area (Å²) in [6, 6.07) is 0.541. The maximum Gasteiger partial charge on any atom is 0.317 e. The third-order valence-electron chi connectivity index (χ3n) is 2.90. The molecule has 2 aliphatic rings. The number of carbonyl (C=O) groups is 1. The van der Waals surface area contributed by atoms with Crippen LogP contribution < -0.4 is 5.32 Å². The summed E-state index contributed by atoms with van der Waals surface area (Å²) < 4.78 is 5.27. The van der Waals surface area contributed by atoms with Gasteiger partial charge in [-0.15, -0.1) is 0 Å². The van der Waals surface area contributed by atoms with Gasteiger partial charge in [-0.25, -0.2) is 4.79 Å². The first-order valence-corrected chi connectivity index (χ1v) is 5.38. The third-order valence-corrected chi connectivity index (χ3v) is 2.90. The van der Waals surface area contributed by atoms with Crippen LogP contribution in [0.3, 0.4) is 0 Å². The molecule has 0 radical (unpaired) electrons. The fourth-order valence-electron chi connectivity index (χ4n) is 1.81. The topological polar surface area (TPSA) is 41.6 Å². The molecule has 4 nitrogen and oxygen atoms in total. The van der Waals surface area contributed by atoms with E-state index in [4.69, 9.17) is 4.74 Å². The first kappa shape index (κ1) is 9.77. The molecule has 80 valence electrons. The van der Waals surface area contributed by atoms with Crippen LogP contribution in [-0.4, -0.2) is 43.3 Å². The average Bonchev–Trinajstić information content (AvgIpc) is 3.02. The molecule has 1 N–H and O–H groups in total. The van der Waals surface area contributed by atoms with Crippen LogP contribution in [0.15, 0.2) is 0 Å². The van der Waals surface area contributed by atoms with Gasteiger partial charge in [0.05, 0.1) is 6.10 Å². The molecule has 1 heterocycles. The molecule has 1 unspecified atom stereocenters. The van der Waals surface area contributed by atoms with Gasteiger partial charge in [-0.1, -0.05) is 0 Å². The first-order valence-electron chi connectivity index (χ1n) is 5.38. The van der Waals surface area contributed by atoms with E-state index in [-0.39, 0.29) is 12.1 Å². The molecule has 14 heavy (non-hydrogen) atoms. The van der Waals surface area contributed by atoms with Gasteiger partial charge in [0.1, 0.15) is 0 Å². The highest BCUT2D eigenvalue weighted by Gasteiger charge is 2.28. The Morgan fingerprint density at radius 1 is 1.43 bits per heavy atom. The lowest BCUT2D eigenvalue weighted by Crippen LogP contribution is -2.48. The molecule has 1 atom stereocenters. The van der Waals surface area contributed by atoms with Crippen molar-refractivity contribution < 1.29 is 9.53 Å². The number of nitrogens with zero attached hydrogens (tertiary/aromatic N) is 1. The first-order chi connectivity index (χ1) is 6.79. The maximum atomic E-state index is 11.7. The highest BCUT2D eigenvalue weighted by atomic mass is 16.5. The fraction of sp³-hybridized carbons (Fsp3) is 0.900. The van der Waals surface area contributed by atoms with E-state index in [0.717, 1.165) is 38.8 Å². The molecular weight excluding hydrogens is 180 g/mol. The molecule has 1 saturated carbocycles. The Kier molecular flexibility index (Phi) is 2.91. The lowest BCUT2D eigenvalue weighted by molar-refractivity contribution is 0.0434. The number of hydrogen-bond donors (Lipinski definition) is 1. The molecule has 0 aromatic heterocycles. The van der Waals surface area contributed by atoms with Crippen LogP contribution >= 0.6 is 0 Å². The maximum absolute atomic E-state index is 11.7. The van der Waals surface area contributed by atoms with Crippen LogP contribution in [-0.2, 0) is 4.74 Å². The van der Waals surface area contributed by atoms with E-state index in [0.29, 0.717) is 6.04 Å². The summed E-state index contributed by atoms with van der Waals surface area (Å²) in [6.45, 7) is 1.62. The van der Waals surface area contributed by atoms with Crippen molar-refractivity contribution in [1.82, 2.24) is 10.2 Å². The number of methoxy groups -OCH3 is 1. The second kappa shape index (κ2) is 4.17. The number of amides is 2. The largest absolute Gasteiger partial charge is 0.380 e. The van der Waals surface area contributed by atoms with Gasteiger partial charge >= 0.3 is 6.03 Å². The second-order valence-corrected chi connectivity index (χ2v) is 4.17. The van der Waals surface area contributed by atoms with Crippen LogP contribution in [0, 0.1) is 0 Å². The molecule has 2 rings (SSSR count). The number of nitrogens with one attached hydrogen (secondary N) is 1. The lowest BCUT2D eigenvalue weighted by atomic mass is 10.1. The van der Waals surface area contributed by atoms with E-state index in [1.54, 1.807) is 7.11 Å². The monoisotopic (exact) mass is 198 g/mol. The van der Waals surface area contributed by atoms with E-state index in [9.17, 15) is 4.79 Å². The van der Waals surface area contributed by atoms with Gasteiger partial charge in [-0.2, -0.15) is 0 Å². The van der Waals surface area contributed by atoms with Gasteiger partial charge in [0, 0.05) is 26.2 Å². The van der Waals surface area contributed by atoms with Crippen molar-refractivity contribution in [2.75, 3.05) is 20.2 Å². The predicted octanol–water partition coefficient (Wildman–Crippen LogP) is 0.969. The normalized spacial score (nSPS) is 27.5. The smallest absolute Gasteiger partial charge is 0.317 e. The van der Waals surface area contributed by atoms with Crippen LogP contribution in [0.4, 0.5) is 4.79 Å². The van der Waals surface area contributed by atoms with Crippen molar-refractivity contribution in [3.8, 4) is 0 Å². The summed E-state index contributed by atoms with van der Waals surface area (Å²) in [7, 11) is 1.72. The summed E-state index contributed by atoms with van der Waals surface area (Å²) in [5.74, 6) is 0. The minimum absolute atomic E-state index is 0.0919. The summed E-state index contributed by atoms with van der Waals surface area (Å²) in [5, 5.41) is 3.00. The van der Waals surface area contributed by atoms with Gasteiger partial charge in [-0.3, -0.25) is 0 Å². The number of ether oxygens (including phenoxy) is 1. The molecule has 2 fully saturated rings. The Morgan fingerprint density at radius 3 is 2.86 bits per heavy atom. The van der Waals surface area contributed by atoms with Crippen LogP contribution in [0.5, 0.6) is 0 Å². The summed E-state index contributed by atoms with van der Waals surface area (Å²) in [4.78, 5) is 13.5. The van der Waals surface area contributed by atoms with Crippen LogP contribution in [0.2, 0.25) is 0 Å². The molecule has 0 spiro atoms.